The minimum absolute atomic E-state index is 0.182. The summed E-state index contributed by atoms with van der Waals surface area (Å²) in [5.41, 5.74) is 1.07. The highest BCUT2D eigenvalue weighted by Gasteiger charge is 2.20. The molecule has 0 aliphatic heterocycles. The number of ether oxygens (including phenoxy) is 1. The van der Waals surface area contributed by atoms with Crippen LogP contribution in [-0.2, 0) is 4.74 Å². The Morgan fingerprint density at radius 1 is 1.12 bits per heavy atom. The molecule has 2 atom stereocenters. The molecule has 1 rings (SSSR count). The van der Waals surface area contributed by atoms with Crippen LogP contribution in [0.3, 0.4) is 0 Å². The topological polar surface area (TPSA) is 29.5 Å². The summed E-state index contributed by atoms with van der Waals surface area (Å²) >= 11 is 0. The second kappa shape index (κ2) is 8.26. The summed E-state index contributed by atoms with van der Waals surface area (Å²) in [6.07, 6.45) is 3.64. The molecule has 2 heteroatoms. The fraction of sp³-hybridized carbons (Fsp3) is 0.600. The van der Waals surface area contributed by atoms with E-state index in [1.54, 1.807) is 0 Å². The van der Waals surface area contributed by atoms with Gasteiger partial charge in [0.15, 0.2) is 0 Å². The van der Waals surface area contributed by atoms with Crippen molar-refractivity contribution in [1.29, 1.82) is 0 Å². The molecule has 0 heterocycles. The van der Waals surface area contributed by atoms with Gasteiger partial charge in [-0.05, 0) is 18.9 Å². The first-order valence-corrected chi connectivity index (χ1v) is 6.64. The molecule has 1 aromatic carbocycles. The number of hydrogen-bond acceptors (Lipinski definition) is 2. The van der Waals surface area contributed by atoms with Crippen LogP contribution >= 0.6 is 0 Å². The van der Waals surface area contributed by atoms with Crippen LogP contribution in [-0.4, -0.2) is 17.8 Å². The molecule has 0 amide bonds. The third-order valence-corrected chi connectivity index (χ3v) is 2.93. The molecule has 0 saturated heterocycles. The van der Waals surface area contributed by atoms with Gasteiger partial charge in [0, 0.05) is 6.61 Å². The molecule has 0 bridgehead atoms. The van der Waals surface area contributed by atoms with E-state index in [1.807, 2.05) is 37.3 Å². The van der Waals surface area contributed by atoms with Gasteiger partial charge in [-0.2, -0.15) is 0 Å². The van der Waals surface area contributed by atoms with Crippen LogP contribution in [0.1, 0.15) is 51.2 Å². The first kappa shape index (κ1) is 14.2. The van der Waals surface area contributed by atoms with Crippen LogP contribution in [0, 0.1) is 0 Å². The largest absolute Gasteiger partial charge is 0.390 e. The molecule has 0 fully saturated rings. The Morgan fingerprint density at radius 2 is 1.82 bits per heavy atom. The highest BCUT2D eigenvalue weighted by atomic mass is 16.5. The Bertz CT molecular complexity index is 284. The molecule has 0 spiro atoms. The summed E-state index contributed by atoms with van der Waals surface area (Å²) in [6, 6.07) is 9.99. The predicted octanol–water partition coefficient (Wildman–Crippen LogP) is 3.71. The summed E-state index contributed by atoms with van der Waals surface area (Å²) in [6.45, 7) is 4.77. The fourth-order valence-electron chi connectivity index (χ4n) is 2.01. The Kier molecular flexibility index (Phi) is 6.90. The zero-order valence-electron chi connectivity index (χ0n) is 10.9. The van der Waals surface area contributed by atoms with Crippen LogP contribution < -0.4 is 0 Å². The summed E-state index contributed by atoms with van der Waals surface area (Å²) in [7, 11) is 0. The quantitative estimate of drug-likeness (QED) is 0.697. The first-order valence-electron chi connectivity index (χ1n) is 6.64. The molecule has 0 aliphatic rings. The van der Waals surface area contributed by atoms with Gasteiger partial charge >= 0.3 is 0 Å². The monoisotopic (exact) mass is 236 g/mol. The van der Waals surface area contributed by atoms with Crippen molar-refractivity contribution in [2.75, 3.05) is 6.61 Å². The Labute approximate surface area is 105 Å². The first-order chi connectivity index (χ1) is 8.29. The van der Waals surface area contributed by atoms with Crippen LogP contribution in [0.5, 0.6) is 0 Å². The number of aliphatic hydroxyl groups excluding tert-OH is 1. The highest BCUT2D eigenvalue weighted by molar-refractivity contribution is 5.18. The zero-order chi connectivity index (χ0) is 12.5. The van der Waals surface area contributed by atoms with E-state index in [1.165, 1.54) is 12.8 Å². The van der Waals surface area contributed by atoms with Crippen LogP contribution in [0.2, 0.25) is 0 Å². The Hall–Kier alpha value is -0.860. The Balaban J connectivity index is 2.58. The minimum Gasteiger partial charge on any atom is -0.390 e. The van der Waals surface area contributed by atoms with Gasteiger partial charge < -0.3 is 9.84 Å². The van der Waals surface area contributed by atoms with Gasteiger partial charge in [0.25, 0.3) is 0 Å². The second-order valence-electron chi connectivity index (χ2n) is 4.35. The normalized spacial score (nSPS) is 14.5. The molecule has 0 aromatic heterocycles. The van der Waals surface area contributed by atoms with Crippen molar-refractivity contribution in [2.24, 2.45) is 0 Å². The molecular weight excluding hydrogens is 212 g/mol. The maximum atomic E-state index is 10.2. The molecule has 0 saturated carbocycles. The lowest BCUT2D eigenvalue weighted by Gasteiger charge is -2.23. The van der Waals surface area contributed by atoms with Crippen LogP contribution in [0.4, 0.5) is 0 Å². The van der Waals surface area contributed by atoms with E-state index in [0.717, 1.165) is 18.4 Å². The molecule has 1 aromatic rings. The van der Waals surface area contributed by atoms with Gasteiger partial charge in [-0.25, -0.2) is 0 Å². The van der Waals surface area contributed by atoms with Crippen molar-refractivity contribution in [2.45, 2.75) is 51.7 Å². The lowest BCUT2D eigenvalue weighted by atomic mass is 9.99. The van der Waals surface area contributed by atoms with Gasteiger partial charge in [-0.3, -0.25) is 0 Å². The van der Waals surface area contributed by atoms with Crippen LogP contribution in [0.25, 0.3) is 0 Å². The van der Waals surface area contributed by atoms with E-state index >= 15 is 0 Å². The summed E-state index contributed by atoms with van der Waals surface area (Å²) in [5.74, 6) is 0. The smallest absolute Gasteiger partial charge is 0.108 e. The standard InChI is InChI=1S/C15H24O2/c1-3-5-7-12-14(16)15(17-4-2)13-10-8-6-9-11-13/h6,8-11,14-16H,3-5,7,12H2,1-2H3. The number of hydrogen-bond donors (Lipinski definition) is 1. The molecule has 2 nitrogen and oxygen atoms in total. The number of aliphatic hydroxyl groups is 1. The maximum absolute atomic E-state index is 10.2. The van der Waals surface area contributed by atoms with Crippen molar-refractivity contribution in [3.05, 3.63) is 35.9 Å². The third-order valence-electron chi connectivity index (χ3n) is 2.93. The van der Waals surface area contributed by atoms with Crippen LogP contribution in [0.15, 0.2) is 30.3 Å². The minimum atomic E-state index is -0.399. The number of rotatable bonds is 8. The molecule has 0 radical (unpaired) electrons. The van der Waals surface area contributed by atoms with E-state index in [-0.39, 0.29) is 6.10 Å². The predicted molar refractivity (Wildman–Crippen MR) is 71.0 cm³/mol. The summed E-state index contributed by atoms with van der Waals surface area (Å²) in [5, 5.41) is 10.2. The lowest BCUT2D eigenvalue weighted by molar-refractivity contribution is -0.0386. The summed E-state index contributed by atoms with van der Waals surface area (Å²) in [4.78, 5) is 0. The lowest BCUT2D eigenvalue weighted by Crippen LogP contribution is -2.21. The number of unbranched alkanes of at least 4 members (excludes halogenated alkanes) is 2. The maximum Gasteiger partial charge on any atom is 0.108 e. The van der Waals surface area contributed by atoms with Crippen molar-refractivity contribution >= 4 is 0 Å². The van der Waals surface area contributed by atoms with Gasteiger partial charge in [-0.15, -0.1) is 0 Å². The molecule has 0 aliphatic carbocycles. The van der Waals surface area contributed by atoms with E-state index in [0.29, 0.717) is 6.61 Å². The van der Waals surface area contributed by atoms with Crippen molar-refractivity contribution in [1.82, 2.24) is 0 Å². The van der Waals surface area contributed by atoms with Crippen molar-refractivity contribution in [3.8, 4) is 0 Å². The average molecular weight is 236 g/mol. The third kappa shape index (κ3) is 4.88. The molecule has 2 unspecified atom stereocenters. The van der Waals surface area contributed by atoms with Gasteiger partial charge in [0.1, 0.15) is 6.10 Å². The molecule has 96 valence electrons. The van der Waals surface area contributed by atoms with E-state index in [2.05, 4.69) is 6.92 Å². The van der Waals surface area contributed by atoms with E-state index in [9.17, 15) is 5.11 Å². The average Bonchev–Trinajstić information content (AvgIpc) is 2.37. The van der Waals surface area contributed by atoms with E-state index in [4.69, 9.17) is 4.74 Å². The van der Waals surface area contributed by atoms with Crippen molar-refractivity contribution < 1.29 is 9.84 Å². The fourth-order valence-corrected chi connectivity index (χ4v) is 2.01. The van der Waals surface area contributed by atoms with Crippen molar-refractivity contribution in [3.63, 3.8) is 0 Å². The highest BCUT2D eigenvalue weighted by Crippen LogP contribution is 2.24. The molecule has 1 N–H and O–H groups in total. The van der Waals surface area contributed by atoms with Gasteiger partial charge in [-0.1, -0.05) is 56.5 Å². The number of benzene rings is 1. The Morgan fingerprint density at radius 3 is 2.41 bits per heavy atom. The molecular formula is C15H24O2. The zero-order valence-corrected chi connectivity index (χ0v) is 10.9. The summed E-state index contributed by atoms with van der Waals surface area (Å²) < 4.78 is 5.67. The van der Waals surface area contributed by atoms with Gasteiger partial charge in [0.2, 0.25) is 0 Å². The van der Waals surface area contributed by atoms with Gasteiger partial charge in [0.05, 0.1) is 6.10 Å². The van der Waals surface area contributed by atoms with E-state index < -0.39 is 6.10 Å². The SMILES string of the molecule is CCCCCC(O)C(OCC)c1ccccc1. The second-order valence-corrected chi connectivity index (χ2v) is 4.35. The molecule has 17 heavy (non-hydrogen) atoms.